The lowest BCUT2D eigenvalue weighted by molar-refractivity contribution is -0.142. The molecule has 1 saturated heterocycles. The third-order valence-electron chi connectivity index (χ3n) is 9.31. The highest BCUT2D eigenvalue weighted by molar-refractivity contribution is 5.68. The standard InChI is InChI=1S/C39H44N2O4.C2H6/c42-38(43)29-44-25-23-40-19-21-41(22-20-40)24-26-45-35-15-12-33(13-16-35)39-36(32-9-5-2-6-10-32)18-14-34-28-31(11-17-37(34)39)27-30-7-3-1-4-8-30;1-2/h1-13,15-17,28,36,39H,14,18-27,29H2,(H,42,43);1-2H3. The van der Waals surface area contributed by atoms with Gasteiger partial charge in [0.1, 0.15) is 19.0 Å². The van der Waals surface area contributed by atoms with E-state index in [-0.39, 0.29) is 6.61 Å². The van der Waals surface area contributed by atoms with Crippen LogP contribution in [-0.2, 0) is 22.4 Å². The molecule has 6 nitrogen and oxygen atoms in total. The number of carboxylic acid groups (broad SMARTS) is 1. The number of carbonyl (C=O) groups is 1. The van der Waals surface area contributed by atoms with Gasteiger partial charge in [0.15, 0.2) is 0 Å². The molecule has 1 aliphatic carbocycles. The SMILES string of the molecule is CC.O=C(O)COCCN1CCN(CCOc2ccc(C3c4ccc(Cc5ccccc5)cc4CCC3c3ccccc3)cc2)CC1. The fourth-order valence-corrected chi connectivity index (χ4v) is 6.94. The van der Waals surface area contributed by atoms with E-state index in [1.807, 2.05) is 13.8 Å². The Morgan fingerprint density at radius 3 is 2.04 bits per heavy atom. The Balaban J connectivity index is 0.00000213. The molecule has 1 fully saturated rings. The van der Waals surface area contributed by atoms with Crippen molar-refractivity contribution in [1.29, 1.82) is 0 Å². The molecule has 2 atom stereocenters. The van der Waals surface area contributed by atoms with Crippen LogP contribution in [0.25, 0.3) is 0 Å². The minimum absolute atomic E-state index is 0.226. The molecule has 0 aromatic heterocycles. The Morgan fingerprint density at radius 2 is 1.38 bits per heavy atom. The average Bonchev–Trinajstić information content (AvgIpc) is 3.12. The largest absolute Gasteiger partial charge is 0.492 e. The van der Waals surface area contributed by atoms with E-state index in [4.69, 9.17) is 14.6 Å². The molecular weight excluding hydrogens is 584 g/mol. The molecule has 1 heterocycles. The first-order valence-electron chi connectivity index (χ1n) is 17.3. The van der Waals surface area contributed by atoms with E-state index >= 15 is 0 Å². The van der Waals surface area contributed by atoms with Crippen molar-refractivity contribution in [1.82, 2.24) is 9.80 Å². The maximum atomic E-state index is 10.6. The summed E-state index contributed by atoms with van der Waals surface area (Å²) in [6.45, 7) is 10.4. The van der Waals surface area contributed by atoms with Gasteiger partial charge in [-0.2, -0.15) is 0 Å². The van der Waals surface area contributed by atoms with Gasteiger partial charge in [0.05, 0.1) is 6.61 Å². The minimum Gasteiger partial charge on any atom is -0.492 e. The number of ether oxygens (including phenoxy) is 2. The van der Waals surface area contributed by atoms with Crippen LogP contribution < -0.4 is 4.74 Å². The van der Waals surface area contributed by atoms with E-state index in [9.17, 15) is 4.79 Å². The summed E-state index contributed by atoms with van der Waals surface area (Å²) in [4.78, 5) is 15.4. The normalized spacial score (nSPS) is 18.1. The highest BCUT2D eigenvalue weighted by Gasteiger charge is 2.32. The van der Waals surface area contributed by atoms with Gasteiger partial charge in [-0.1, -0.05) is 105 Å². The van der Waals surface area contributed by atoms with E-state index < -0.39 is 5.97 Å². The molecule has 4 aromatic rings. The molecule has 0 amide bonds. The second-order valence-electron chi connectivity index (χ2n) is 12.3. The molecule has 2 aliphatic rings. The molecule has 4 aromatic carbocycles. The smallest absolute Gasteiger partial charge is 0.329 e. The topological polar surface area (TPSA) is 62.2 Å². The molecular formula is C41H50N2O4. The van der Waals surface area contributed by atoms with Crippen molar-refractivity contribution < 1.29 is 19.4 Å². The monoisotopic (exact) mass is 634 g/mol. The zero-order chi connectivity index (χ0) is 32.8. The highest BCUT2D eigenvalue weighted by atomic mass is 16.5. The van der Waals surface area contributed by atoms with Crippen molar-refractivity contribution >= 4 is 5.97 Å². The number of rotatable bonds is 13. The third kappa shape index (κ3) is 9.77. The van der Waals surface area contributed by atoms with Gasteiger partial charge in [-0.3, -0.25) is 9.80 Å². The second kappa shape index (κ2) is 17.8. The zero-order valence-electron chi connectivity index (χ0n) is 28.0. The molecule has 47 heavy (non-hydrogen) atoms. The molecule has 0 spiro atoms. The number of benzene rings is 4. The van der Waals surface area contributed by atoms with Crippen LogP contribution in [0.5, 0.6) is 5.75 Å². The summed E-state index contributed by atoms with van der Waals surface area (Å²) >= 11 is 0. The van der Waals surface area contributed by atoms with Crippen LogP contribution in [0.15, 0.2) is 103 Å². The first kappa shape index (κ1) is 34.4. The van der Waals surface area contributed by atoms with E-state index in [2.05, 4.69) is 113 Å². The van der Waals surface area contributed by atoms with Gasteiger partial charge in [-0.05, 0) is 70.7 Å². The van der Waals surface area contributed by atoms with E-state index in [1.165, 1.54) is 33.4 Å². The van der Waals surface area contributed by atoms with Crippen molar-refractivity contribution in [3.8, 4) is 5.75 Å². The molecule has 0 radical (unpaired) electrons. The van der Waals surface area contributed by atoms with Crippen molar-refractivity contribution in [2.45, 2.75) is 44.9 Å². The quantitative estimate of drug-likeness (QED) is 0.156. The maximum absolute atomic E-state index is 10.6. The molecule has 0 bridgehead atoms. The van der Waals surface area contributed by atoms with E-state index in [0.717, 1.165) is 64.3 Å². The number of piperazine rings is 1. The molecule has 1 aliphatic heterocycles. The van der Waals surface area contributed by atoms with Gasteiger partial charge in [-0.15, -0.1) is 0 Å². The number of hydrogen-bond donors (Lipinski definition) is 1. The van der Waals surface area contributed by atoms with Gasteiger partial charge in [0.2, 0.25) is 0 Å². The van der Waals surface area contributed by atoms with E-state index in [1.54, 1.807) is 0 Å². The van der Waals surface area contributed by atoms with Gasteiger partial charge >= 0.3 is 5.97 Å². The van der Waals surface area contributed by atoms with Crippen LogP contribution in [0.1, 0.15) is 65.5 Å². The second-order valence-corrected chi connectivity index (χ2v) is 12.3. The fourth-order valence-electron chi connectivity index (χ4n) is 6.94. The summed E-state index contributed by atoms with van der Waals surface area (Å²) in [6, 6.07) is 37.8. The van der Waals surface area contributed by atoms with Crippen molar-refractivity contribution in [2.24, 2.45) is 0 Å². The number of fused-ring (bicyclic) bond motifs is 1. The van der Waals surface area contributed by atoms with Crippen LogP contribution in [0, 0.1) is 0 Å². The minimum atomic E-state index is -0.918. The molecule has 0 saturated carbocycles. The van der Waals surface area contributed by atoms with Crippen LogP contribution in [0.4, 0.5) is 0 Å². The van der Waals surface area contributed by atoms with Gasteiger partial charge < -0.3 is 14.6 Å². The number of nitrogens with zero attached hydrogens (tertiary/aromatic N) is 2. The molecule has 6 heteroatoms. The van der Waals surface area contributed by atoms with Crippen molar-refractivity contribution in [2.75, 3.05) is 59.1 Å². The summed E-state index contributed by atoms with van der Waals surface area (Å²) in [5.41, 5.74) is 8.42. The first-order valence-corrected chi connectivity index (χ1v) is 17.3. The van der Waals surface area contributed by atoms with E-state index in [0.29, 0.717) is 25.0 Å². The number of carboxylic acids is 1. The number of aliphatic carboxylic acids is 1. The van der Waals surface area contributed by atoms with Crippen molar-refractivity contribution in [3.63, 3.8) is 0 Å². The lowest BCUT2D eigenvalue weighted by Gasteiger charge is -2.35. The van der Waals surface area contributed by atoms with Gasteiger partial charge in [0.25, 0.3) is 0 Å². The van der Waals surface area contributed by atoms with Crippen LogP contribution >= 0.6 is 0 Å². The first-order chi connectivity index (χ1) is 23.1. The maximum Gasteiger partial charge on any atom is 0.329 e. The summed E-state index contributed by atoms with van der Waals surface area (Å²) in [6.07, 6.45) is 3.20. The lowest BCUT2D eigenvalue weighted by Crippen LogP contribution is -2.48. The van der Waals surface area contributed by atoms with Gasteiger partial charge in [0, 0.05) is 45.2 Å². The summed E-state index contributed by atoms with van der Waals surface area (Å²) in [5, 5.41) is 8.70. The fraction of sp³-hybridized carbons (Fsp3) is 0.390. The summed E-state index contributed by atoms with van der Waals surface area (Å²) in [5.74, 6) is 0.742. The Hall–Kier alpha value is -3.97. The highest BCUT2D eigenvalue weighted by Crippen LogP contribution is 2.46. The Bertz CT molecular complexity index is 1500. The Kier molecular flexibility index (Phi) is 13.0. The summed E-state index contributed by atoms with van der Waals surface area (Å²) < 4.78 is 11.4. The van der Waals surface area contributed by atoms with Crippen LogP contribution in [0.2, 0.25) is 0 Å². The third-order valence-corrected chi connectivity index (χ3v) is 9.31. The average molecular weight is 635 g/mol. The van der Waals surface area contributed by atoms with Crippen LogP contribution in [-0.4, -0.2) is 80.0 Å². The van der Waals surface area contributed by atoms with Crippen LogP contribution in [0.3, 0.4) is 0 Å². The molecule has 2 unspecified atom stereocenters. The van der Waals surface area contributed by atoms with Gasteiger partial charge in [-0.25, -0.2) is 4.79 Å². The zero-order valence-corrected chi connectivity index (χ0v) is 28.0. The molecule has 248 valence electrons. The molecule has 1 N–H and O–H groups in total. The van der Waals surface area contributed by atoms with Crippen molar-refractivity contribution in [3.05, 3.63) is 137 Å². The predicted molar refractivity (Wildman–Crippen MR) is 190 cm³/mol. The lowest BCUT2D eigenvalue weighted by atomic mass is 9.69. The predicted octanol–water partition coefficient (Wildman–Crippen LogP) is 7.26. The number of hydrogen-bond acceptors (Lipinski definition) is 5. The Morgan fingerprint density at radius 1 is 0.745 bits per heavy atom. The summed E-state index contributed by atoms with van der Waals surface area (Å²) in [7, 11) is 0. The molecule has 6 rings (SSSR count). The number of aryl methyl sites for hydroxylation is 1. The Labute approximate surface area is 281 Å².